The standard InChI is InChI=1S/C17H21NO3S/c1-13-2-4-14(5-3-13)6-7-16(20)8-9-17(21)18-12-22-11-15(18)10-19/h2-5,10,15H,6-9,11-12H2,1H3/t15-/m1/s1. The summed E-state index contributed by atoms with van der Waals surface area (Å²) < 4.78 is 0. The Morgan fingerprint density at radius 1 is 1.23 bits per heavy atom. The molecule has 0 aromatic heterocycles. The molecule has 118 valence electrons. The second kappa shape index (κ2) is 8.13. The van der Waals surface area contributed by atoms with Crippen molar-refractivity contribution in [1.82, 2.24) is 4.90 Å². The van der Waals surface area contributed by atoms with E-state index in [0.29, 0.717) is 24.5 Å². The van der Waals surface area contributed by atoms with Crippen LogP contribution in [0.5, 0.6) is 0 Å². The first-order valence-electron chi connectivity index (χ1n) is 7.50. The molecule has 1 aromatic carbocycles. The molecule has 1 amide bonds. The Bertz CT molecular complexity index is 541. The molecule has 22 heavy (non-hydrogen) atoms. The van der Waals surface area contributed by atoms with Gasteiger partial charge in [0.2, 0.25) is 5.91 Å². The minimum Gasteiger partial charge on any atom is -0.323 e. The smallest absolute Gasteiger partial charge is 0.224 e. The van der Waals surface area contributed by atoms with Crippen LogP contribution in [0.3, 0.4) is 0 Å². The van der Waals surface area contributed by atoms with E-state index in [1.165, 1.54) is 5.56 Å². The van der Waals surface area contributed by atoms with E-state index in [1.54, 1.807) is 16.7 Å². The second-order valence-corrected chi connectivity index (χ2v) is 6.59. The number of rotatable bonds is 7. The summed E-state index contributed by atoms with van der Waals surface area (Å²) in [6.07, 6.45) is 2.46. The van der Waals surface area contributed by atoms with Crippen molar-refractivity contribution in [2.75, 3.05) is 11.6 Å². The van der Waals surface area contributed by atoms with Crippen molar-refractivity contribution in [3.05, 3.63) is 35.4 Å². The monoisotopic (exact) mass is 319 g/mol. The van der Waals surface area contributed by atoms with E-state index in [9.17, 15) is 14.4 Å². The van der Waals surface area contributed by atoms with Crippen molar-refractivity contribution in [2.24, 2.45) is 0 Å². The Hall–Kier alpha value is -1.62. The summed E-state index contributed by atoms with van der Waals surface area (Å²) in [6.45, 7) is 2.03. The number of aldehydes is 1. The van der Waals surface area contributed by atoms with Crippen LogP contribution in [-0.4, -0.2) is 40.5 Å². The molecule has 0 spiro atoms. The minimum absolute atomic E-state index is 0.0919. The number of carbonyl (C=O) groups excluding carboxylic acids is 3. The van der Waals surface area contributed by atoms with Crippen molar-refractivity contribution in [2.45, 2.75) is 38.6 Å². The van der Waals surface area contributed by atoms with E-state index < -0.39 is 0 Å². The van der Waals surface area contributed by atoms with Crippen LogP contribution in [0.2, 0.25) is 0 Å². The Kier molecular flexibility index (Phi) is 6.19. The lowest BCUT2D eigenvalue weighted by atomic mass is 10.0. The number of benzene rings is 1. The van der Waals surface area contributed by atoms with E-state index in [2.05, 4.69) is 0 Å². The van der Waals surface area contributed by atoms with E-state index in [1.807, 2.05) is 31.2 Å². The number of amides is 1. The highest BCUT2D eigenvalue weighted by atomic mass is 32.2. The van der Waals surface area contributed by atoms with Gasteiger partial charge in [-0.2, -0.15) is 0 Å². The molecule has 1 atom stereocenters. The highest BCUT2D eigenvalue weighted by Gasteiger charge is 2.28. The summed E-state index contributed by atoms with van der Waals surface area (Å²) in [5, 5.41) is 0. The van der Waals surface area contributed by atoms with Gasteiger partial charge in [0, 0.05) is 25.0 Å². The third-order valence-electron chi connectivity index (χ3n) is 3.83. The molecule has 0 unspecified atom stereocenters. The molecule has 1 fully saturated rings. The highest BCUT2D eigenvalue weighted by molar-refractivity contribution is 7.99. The molecule has 2 rings (SSSR count). The first-order valence-corrected chi connectivity index (χ1v) is 8.65. The van der Waals surface area contributed by atoms with Gasteiger partial charge in [-0.05, 0) is 18.9 Å². The molecule has 5 heteroatoms. The van der Waals surface area contributed by atoms with Crippen molar-refractivity contribution >= 4 is 29.7 Å². The third-order valence-corrected chi connectivity index (χ3v) is 4.87. The molecule has 1 saturated heterocycles. The third kappa shape index (κ3) is 4.70. The zero-order valence-electron chi connectivity index (χ0n) is 12.8. The lowest BCUT2D eigenvalue weighted by Crippen LogP contribution is -2.37. The van der Waals surface area contributed by atoms with Crippen molar-refractivity contribution < 1.29 is 14.4 Å². The Morgan fingerprint density at radius 2 is 1.95 bits per heavy atom. The molecule has 1 aliphatic heterocycles. The number of carbonyl (C=O) groups is 3. The van der Waals surface area contributed by atoms with Gasteiger partial charge in [0.25, 0.3) is 0 Å². The van der Waals surface area contributed by atoms with Gasteiger partial charge in [-0.15, -0.1) is 11.8 Å². The number of thioether (sulfide) groups is 1. The average molecular weight is 319 g/mol. The molecule has 0 aliphatic carbocycles. The van der Waals surface area contributed by atoms with Crippen LogP contribution in [0, 0.1) is 6.92 Å². The Labute approximate surface area is 135 Å². The minimum atomic E-state index is -0.319. The Morgan fingerprint density at radius 3 is 2.64 bits per heavy atom. The Balaban J connectivity index is 1.72. The molecule has 0 bridgehead atoms. The number of ketones is 1. The fourth-order valence-corrected chi connectivity index (χ4v) is 3.52. The van der Waals surface area contributed by atoms with Crippen LogP contribution in [-0.2, 0) is 20.8 Å². The molecule has 0 radical (unpaired) electrons. The quantitative estimate of drug-likeness (QED) is 0.724. The summed E-state index contributed by atoms with van der Waals surface area (Å²) in [4.78, 5) is 36.4. The van der Waals surface area contributed by atoms with E-state index in [-0.39, 0.29) is 30.6 Å². The average Bonchev–Trinajstić information content (AvgIpc) is 3.00. The van der Waals surface area contributed by atoms with Crippen LogP contribution >= 0.6 is 11.8 Å². The van der Waals surface area contributed by atoms with Gasteiger partial charge in [-0.3, -0.25) is 9.59 Å². The molecular weight excluding hydrogens is 298 g/mol. The first-order chi connectivity index (χ1) is 10.6. The van der Waals surface area contributed by atoms with Gasteiger partial charge >= 0.3 is 0 Å². The van der Waals surface area contributed by atoms with Crippen LogP contribution in [0.25, 0.3) is 0 Å². The predicted octanol–water partition coefficient (Wildman–Crippen LogP) is 2.38. The maximum absolute atomic E-state index is 12.0. The number of aryl methyl sites for hydroxylation is 2. The molecule has 1 heterocycles. The van der Waals surface area contributed by atoms with E-state index in [0.717, 1.165) is 11.8 Å². The van der Waals surface area contributed by atoms with Crippen LogP contribution in [0.1, 0.15) is 30.4 Å². The summed E-state index contributed by atoms with van der Waals surface area (Å²) in [5.74, 6) is 1.23. The second-order valence-electron chi connectivity index (χ2n) is 5.59. The summed E-state index contributed by atoms with van der Waals surface area (Å²) in [5.41, 5.74) is 2.34. The lowest BCUT2D eigenvalue weighted by Gasteiger charge is -2.19. The molecule has 1 aliphatic rings. The van der Waals surface area contributed by atoms with Gasteiger partial charge in [0.05, 0.1) is 11.9 Å². The molecule has 0 N–H and O–H groups in total. The van der Waals surface area contributed by atoms with Crippen molar-refractivity contribution in [3.63, 3.8) is 0 Å². The zero-order valence-corrected chi connectivity index (χ0v) is 13.6. The van der Waals surface area contributed by atoms with Crippen LogP contribution < -0.4 is 0 Å². The SMILES string of the molecule is Cc1ccc(CCC(=O)CCC(=O)N2CSC[C@H]2C=O)cc1. The molecular formula is C17H21NO3S. The van der Waals surface area contributed by atoms with Gasteiger partial charge in [0.15, 0.2) is 0 Å². The van der Waals surface area contributed by atoms with Gasteiger partial charge in [-0.25, -0.2) is 0 Å². The summed E-state index contributed by atoms with van der Waals surface area (Å²) in [7, 11) is 0. The topological polar surface area (TPSA) is 54.5 Å². The van der Waals surface area contributed by atoms with Gasteiger partial charge in [0.1, 0.15) is 12.1 Å². The number of hydrogen-bond donors (Lipinski definition) is 0. The summed E-state index contributed by atoms with van der Waals surface area (Å²) >= 11 is 1.58. The maximum atomic E-state index is 12.0. The fraction of sp³-hybridized carbons (Fsp3) is 0.471. The fourth-order valence-electron chi connectivity index (χ4n) is 2.38. The largest absolute Gasteiger partial charge is 0.323 e. The summed E-state index contributed by atoms with van der Waals surface area (Å²) in [6, 6.07) is 7.82. The van der Waals surface area contributed by atoms with Crippen LogP contribution in [0.15, 0.2) is 24.3 Å². The lowest BCUT2D eigenvalue weighted by molar-refractivity contribution is -0.135. The normalized spacial score (nSPS) is 17.5. The number of Topliss-reactive ketones (excluding diaryl/α,β-unsaturated/α-hetero) is 1. The first kappa shape index (κ1) is 16.7. The van der Waals surface area contributed by atoms with E-state index >= 15 is 0 Å². The van der Waals surface area contributed by atoms with Crippen molar-refractivity contribution in [1.29, 1.82) is 0 Å². The van der Waals surface area contributed by atoms with Crippen molar-refractivity contribution in [3.8, 4) is 0 Å². The zero-order chi connectivity index (χ0) is 15.9. The van der Waals surface area contributed by atoms with Gasteiger partial charge in [-0.1, -0.05) is 29.8 Å². The molecule has 0 saturated carbocycles. The molecule has 1 aromatic rings. The maximum Gasteiger partial charge on any atom is 0.224 e. The molecule has 4 nitrogen and oxygen atoms in total. The van der Waals surface area contributed by atoms with E-state index in [4.69, 9.17) is 0 Å². The number of hydrogen-bond acceptors (Lipinski definition) is 4. The van der Waals surface area contributed by atoms with Crippen LogP contribution in [0.4, 0.5) is 0 Å². The highest BCUT2D eigenvalue weighted by Crippen LogP contribution is 2.20. The van der Waals surface area contributed by atoms with Gasteiger partial charge < -0.3 is 9.69 Å². The number of nitrogens with zero attached hydrogens (tertiary/aromatic N) is 1. The predicted molar refractivity (Wildman–Crippen MR) is 87.8 cm³/mol.